The summed E-state index contributed by atoms with van der Waals surface area (Å²) in [7, 11) is 5.46. The maximum absolute atomic E-state index is 13.7. The zero-order chi connectivity index (χ0) is 28.2. The Morgan fingerprint density at radius 3 is 2.47 bits per heavy atom. The normalized spacial score (nSPS) is 12.1. The molecule has 6 N–H and O–H groups in total. The molecule has 1 aromatic heterocycles. The van der Waals surface area contributed by atoms with Crippen molar-refractivity contribution in [2.75, 3.05) is 42.8 Å². The summed E-state index contributed by atoms with van der Waals surface area (Å²) in [5.74, 6) is 5.66. The fourth-order valence-electron chi connectivity index (χ4n) is 3.73. The van der Waals surface area contributed by atoms with Crippen molar-refractivity contribution in [3.8, 4) is 0 Å². The molecule has 1 heterocycles. The van der Waals surface area contributed by atoms with Crippen LogP contribution in [0.5, 0.6) is 0 Å². The van der Waals surface area contributed by atoms with E-state index in [2.05, 4.69) is 15.7 Å². The fraction of sp³-hybridized carbons (Fsp3) is 0.308. The summed E-state index contributed by atoms with van der Waals surface area (Å²) in [6, 6.07) is 8.47. The number of alkyl halides is 3. The number of rotatable bonds is 9. The monoisotopic (exact) mass is 530 g/mol. The lowest BCUT2D eigenvalue weighted by Gasteiger charge is -2.19. The number of carbonyl (C=O) groups excluding carboxylic acids is 1. The van der Waals surface area contributed by atoms with E-state index in [0.29, 0.717) is 24.5 Å². The molecule has 0 aliphatic rings. The maximum Gasteiger partial charge on any atom is 0.418 e. The number of aryl methyl sites for hydroxylation is 2. The summed E-state index contributed by atoms with van der Waals surface area (Å²) in [4.78, 5) is 14.8. The molecule has 12 heteroatoms. The van der Waals surface area contributed by atoms with Gasteiger partial charge in [-0.1, -0.05) is 6.07 Å². The van der Waals surface area contributed by atoms with E-state index in [1.165, 1.54) is 23.3 Å². The minimum Gasteiger partial charge on any atom is -0.397 e. The lowest BCUT2D eigenvalue weighted by atomic mass is 10.1. The lowest BCUT2D eigenvalue weighted by molar-refractivity contribution is -0.136. The van der Waals surface area contributed by atoms with E-state index in [-0.39, 0.29) is 16.9 Å². The Morgan fingerprint density at radius 1 is 1.16 bits per heavy atom. The Morgan fingerprint density at radius 2 is 1.87 bits per heavy atom. The average molecular weight is 531 g/mol. The van der Waals surface area contributed by atoms with Gasteiger partial charge in [-0.15, -0.1) is 0 Å². The third-order valence-electron chi connectivity index (χ3n) is 6.03. The second kappa shape index (κ2) is 11.6. The average Bonchev–Trinajstić information content (AvgIpc) is 3.17. The first kappa shape index (κ1) is 28.5. The molecule has 9 nitrogen and oxygen atoms in total. The highest BCUT2D eigenvalue weighted by Crippen LogP contribution is 2.36. The van der Waals surface area contributed by atoms with Crippen molar-refractivity contribution in [2.24, 2.45) is 18.6 Å². The summed E-state index contributed by atoms with van der Waals surface area (Å²) in [6.07, 6.45) is -1.45. The van der Waals surface area contributed by atoms with Gasteiger partial charge in [0, 0.05) is 54.5 Å². The van der Waals surface area contributed by atoms with Crippen molar-refractivity contribution >= 4 is 28.7 Å². The molecule has 3 rings (SSSR count). The summed E-state index contributed by atoms with van der Waals surface area (Å²) < 4.78 is 42.8. The van der Waals surface area contributed by atoms with Crippen molar-refractivity contribution < 1.29 is 18.0 Å². The van der Waals surface area contributed by atoms with E-state index in [1.54, 1.807) is 36.1 Å². The van der Waals surface area contributed by atoms with Crippen molar-refractivity contribution in [1.82, 2.24) is 14.7 Å². The summed E-state index contributed by atoms with van der Waals surface area (Å²) in [6.45, 7) is 4.58. The highest BCUT2D eigenvalue weighted by atomic mass is 19.4. The zero-order valence-corrected chi connectivity index (χ0v) is 22.0. The molecule has 0 saturated heterocycles. The van der Waals surface area contributed by atoms with Crippen LogP contribution in [0.25, 0.3) is 5.70 Å². The molecule has 38 heavy (non-hydrogen) atoms. The van der Waals surface area contributed by atoms with Crippen LogP contribution in [-0.2, 0) is 13.2 Å². The largest absolute Gasteiger partial charge is 0.418 e. The topological polar surface area (TPSA) is 117 Å². The SMILES string of the molecule is Cc1ccc(C(=O)Nc2ccc(NCCN(C)C)c(C(F)(F)F)c2)cc1N(N)/C=C(\N)c1cnn(C)c1C. The van der Waals surface area contributed by atoms with E-state index in [9.17, 15) is 18.0 Å². The van der Waals surface area contributed by atoms with Crippen LogP contribution < -0.4 is 27.2 Å². The number of carbonyl (C=O) groups is 1. The number of likely N-dealkylation sites (N-methyl/N-ethyl adjacent to an activating group) is 1. The van der Waals surface area contributed by atoms with Crippen LogP contribution >= 0.6 is 0 Å². The van der Waals surface area contributed by atoms with E-state index >= 15 is 0 Å². The molecule has 0 spiro atoms. The molecule has 0 atom stereocenters. The van der Waals surface area contributed by atoms with Gasteiger partial charge in [-0.25, -0.2) is 5.84 Å². The molecule has 0 aliphatic heterocycles. The third kappa shape index (κ3) is 6.84. The van der Waals surface area contributed by atoms with E-state index in [4.69, 9.17) is 11.6 Å². The molecule has 0 unspecified atom stereocenters. The van der Waals surface area contributed by atoms with Crippen molar-refractivity contribution in [3.63, 3.8) is 0 Å². The Bertz CT molecular complexity index is 1330. The van der Waals surface area contributed by atoms with E-state index < -0.39 is 17.6 Å². The van der Waals surface area contributed by atoms with Crippen molar-refractivity contribution in [3.05, 3.63) is 76.7 Å². The van der Waals surface area contributed by atoms with E-state index in [1.807, 2.05) is 32.8 Å². The third-order valence-corrected chi connectivity index (χ3v) is 6.03. The first-order valence-corrected chi connectivity index (χ1v) is 11.8. The van der Waals surface area contributed by atoms with Gasteiger partial charge in [-0.3, -0.25) is 14.5 Å². The Hall–Kier alpha value is -4.03. The standard InChI is InChI=1S/C26H33F3N8O/c1-16-6-7-18(12-24(16)37(31)15-22(30)20-14-33-36(5)17(20)2)25(38)34-19-8-9-23(32-10-11-35(3)4)21(13-19)26(27,28)29/h6-9,12-15,32H,10-11,30-31H2,1-5H3,(H,34,38)/b22-15-. The molecule has 3 aromatic rings. The van der Waals surface area contributed by atoms with Gasteiger partial charge in [-0.2, -0.15) is 18.3 Å². The van der Waals surface area contributed by atoms with Crippen LogP contribution in [0.15, 0.2) is 48.8 Å². The number of halogens is 3. The van der Waals surface area contributed by atoms with E-state index in [0.717, 1.165) is 22.9 Å². The molecule has 0 fully saturated rings. The molecule has 0 aliphatic carbocycles. The number of nitrogens with zero attached hydrogens (tertiary/aromatic N) is 4. The van der Waals surface area contributed by atoms with Crippen LogP contribution in [0.4, 0.5) is 30.2 Å². The van der Waals surface area contributed by atoms with Gasteiger partial charge in [0.2, 0.25) is 0 Å². The molecule has 0 radical (unpaired) electrons. The predicted octanol–water partition coefficient (Wildman–Crippen LogP) is 3.92. The number of hydrogen-bond donors (Lipinski definition) is 4. The second-order valence-electron chi connectivity index (χ2n) is 9.20. The maximum atomic E-state index is 13.7. The molecular formula is C26H33F3N8O. The van der Waals surface area contributed by atoms with Gasteiger partial charge >= 0.3 is 6.18 Å². The number of hydrazine groups is 1. The minimum absolute atomic E-state index is 0.0170. The lowest BCUT2D eigenvalue weighted by Crippen LogP contribution is -2.27. The number of amides is 1. The predicted molar refractivity (Wildman–Crippen MR) is 144 cm³/mol. The summed E-state index contributed by atoms with van der Waals surface area (Å²) >= 11 is 0. The van der Waals surface area contributed by atoms with Gasteiger partial charge in [0.25, 0.3) is 5.91 Å². The van der Waals surface area contributed by atoms with Crippen LogP contribution in [0, 0.1) is 13.8 Å². The Balaban J connectivity index is 1.82. The van der Waals surface area contributed by atoms with Crippen LogP contribution in [-0.4, -0.2) is 47.8 Å². The highest BCUT2D eigenvalue weighted by Gasteiger charge is 2.34. The molecule has 0 saturated carbocycles. The highest BCUT2D eigenvalue weighted by molar-refractivity contribution is 6.05. The Kier molecular flexibility index (Phi) is 8.69. The van der Waals surface area contributed by atoms with Gasteiger partial charge in [0.1, 0.15) is 0 Å². The first-order valence-electron chi connectivity index (χ1n) is 11.8. The number of aromatic nitrogens is 2. The van der Waals surface area contributed by atoms with Crippen molar-refractivity contribution in [1.29, 1.82) is 0 Å². The van der Waals surface area contributed by atoms with Crippen molar-refractivity contribution in [2.45, 2.75) is 20.0 Å². The fourth-order valence-corrected chi connectivity index (χ4v) is 3.73. The molecule has 1 amide bonds. The van der Waals surface area contributed by atoms with Gasteiger partial charge in [0.15, 0.2) is 0 Å². The Labute approximate surface area is 219 Å². The smallest absolute Gasteiger partial charge is 0.397 e. The van der Waals surface area contributed by atoms with Crippen LogP contribution in [0.2, 0.25) is 0 Å². The van der Waals surface area contributed by atoms with Gasteiger partial charge in [-0.05, 0) is 63.8 Å². The van der Waals surface area contributed by atoms with Gasteiger partial charge in [0.05, 0.1) is 23.1 Å². The number of nitrogens with two attached hydrogens (primary N) is 2. The quantitative estimate of drug-likeness (QED) is 0.245. The number of benzene rings is 2. The second-order valence-corrected chi connectivity index (χ2v) is 9.20. The van der Waals surface area contributed by atoms with Crippen LogP contribution in [0.3, 0.4) is 0 Å². The molecule has 2 aromatic carbocycles. The first-order chi connectivity index (χ1) is 17.8. The minimum atomic E-state index is -4.60. The zero-order valence-electron chi connectivity index (χ0n) is 22.0. The van der Waals surface area contributed by atoms with Crippen LogP contribution in [0.1, 0.15) is 32.7 Å². The molecule has 204 valence electrons. The summed E-state index contributed by atoms with van der Waals surface area (Å²) in [5, 5.41) is 10.8. The summed E-state index contributed by atoms with van der Waals surface area (Å²) in [5.41, 5.74) is 8.75. The molecule has 0 bridgehead atoms. The number of hydrogen-bond acceptors (Lipinski definition) is 7. The molecular weight excluding hydrogens is 497 g/mol. The number of nitrogens with one attached hydrogen (secondary N) is 2. The van der Waals surface area contributed by atoms with Gasteiger partial charge < -0.3 is 21.3 Å². The number of anilines is 3.